The van der Waals surface area contributed by atoms with Crippen LogP contribution in [-0.2, 0) is 17.8 Å². The van der Waals surface area contributed by atoms with Crippen molar-refractivity contribution in [2.24, 2.45) is 0 Å². The van der Waals surface area contributed by atoms with Gasteiger partial charge in [-0.3, -0.25) is 14.8 Å². The quantitative estimate of drug-likeness (QED) is 0.190. The molecule has 2 aromatic heterocycles. The summed E-state index contributed by atoms with van der Waals surface area (Å²) in [7, 11) is 2.66. The smallest absolute Gasteiger partial charge is 0.159 e. The molecule has 2 heterocycles. The molecule has 2 aromatic carbocycles. The minimum absolute atomic E-state index is 0.113. The summed E-state index contributed by atoms with van der Waals surface area (Å²) in [6, 6.07) is -5.11. The van der Waals surface area contributed by atoms with E-state index in [1.807, 2.05) is 0 Å². The van der Waals surface area contributed by atoms with Gasteiger partial charge in [-0.1, -0.05) is 23.7 Å². The predicted molar refractivity (Wildman–Crippen MR) is 162 cm³/mol. The number of rotatable bonds is 12. The molecule has 9 heteroatoms. The van der Waals surface area contributed by atoms with Gasteiger partial charge in [-0.15, -0.1) is 0 Å². The normalized spacial score (nSPS) is 18.0. The van der Waals surface area contributed by atoms with E-state index in [2.05, 4.69) is 15.3 Å². The van der Waals surface area contributed by atoms with Gasteiger partial charge in [-0.05, 0) is 70.3 Å². The first-order valence-corrected chi connectivity index (χ1v) is 12.1. The fourth-order valence-electron chi connectivity index (χ4n) is 3.24. The maximum Gasteiger partial charge on any atom is 0.159 e. The highest BCUT2D eigenvalue weighted by molar-refractivity contribution is 6.32. The van der Waals surface area contributed by atoms with Crippen molar-refractivity contribution < 1.29 is 36.2 Å². The third kappa shape index (κ3) is 7.82. The summed E-state index contributed by atoms with van der Waals surface area (Å²) in [4.78, 5) is 22.1. The number of carbonyl (C=O) groups excluding carboxylic acids is 1. The molecular formula is C32H32ClN5O3. The number of ether oxygens (including phenoxy) is 2. The van der Waals surface area contributed by atoms with E-state index in [1.54, 1.807) is 6.07 Å². The Labute approximate surface area is 267 Å². The highest BCUT2D eigenvalue weighted by atomic mass is 35.5. The van der Waals surface area contributed by atoms with Crippen molar-refractivity contribution in [1.82, 2.24) is 14.9 Å². The van der Waals surface area contributed by atoms with E-state index in [4.69, 9.17) is 43.0 Å². The Balaban J connectivity index is 1.98. The van der Waals surface area contributed by atoms with Crippen LogP contribution in [0, 0.1) is 18.3 Å². The van der Waals surface area contributed by atoms with E-state index in [0.29, 0.717) is 6.08 Å². The first-order valence-electron chi connectivity index (χ1n) is 19.7. The van der Waals surface area contributed by atoms with Crippen LogP contribution >= 0.6 is 11.6 Å². The van der Waals surface area contributed by atoms with Crippen LogP contribution in [0.2, 0.25) is 5.02 Å². The molecule has 0 spiro atoms. The third-order valence-electron chi connectivity index (χ3n) is 4.93. The molecule has 0 saturated heterocycles. The average molecular weight is 586 g/mol. The zero-order valence-electron chi connectivity index (χ0n) is 38.2. The maximum absolute atomic E-state index is 13.3. The van der Waals surface area contributed by atoms with Gasteiger partial charge in [-0.25, -0.2) is 0 Å². The van der Waals surface area contributed by atoms with Crippen LogP contribution in [0.3, 0.4) is 0 Å². The minimum Gasteiger partial charge on any atom is -0.494 e. The summed E-state index contributed by atoms with van der Waals surface area (Å²) in [5.74, 6) is -2.51. The average Bonchev–Trinajstić information content (AvgIpc) is 3.11. The summed E-state index contributed by atoms with van der Waals surface area (Å²) in [5, 5.41) is 11.4. The number of pyridine rings is 2. The number of allylic oxidation sites excluding steroid dienone is 1. The summed E-state index contributed by atoms with van der Waals surface area (Å²) < 4.78 is 144. The number of hydrogen-bond acceptors (Lipinski definition) is 8. The fourth-order valence-corrected chi connectivity index (χ4v) is 3.42. The lowest BCUT2D eigenvalue weighted by atomic mass is 10.0. The van der Waals surface area contributed by atoms with Crippen LogP contribution in [-0.4, -0.2) is 47.8 Å². The molecule has 0 atom stereocenters. The zero-order valence-corrected chi connectivity index (χ0v) is 22.9. The number of aromatic nitrogens is 2. The standard InChI is InChI=1S/C32H32ClN5O3/c1-5-40-31-17-29-27(15-22(31)14-26(39)10-7-13-38(3)4)32(23(18-34)19-35-29)37-24-11-12-30(28(33)16-24)41-20-25-9-6-8-21(2)36-25/h6-12,15-17,19H,5,13-14,20H2,1-4H3,(H,35,37)/b10-7+/i5D2,6D,7D,8D,9D,11D,12D,13D2,15D,16D,17D,19D,20D2. The molecule has 1 N–H and O–H groups in total. The molecule has 0 amide bonds. The number of likely N-dealkylation sites (N-methyl/N-ethyl adjacent to an activating group) is 1. The van der Waals surface area contributed by atoms with E-state index in [0.717, 1.165) is 11.8 Å². The minimum atomic E-state index is -3.09. The number of carbonyl (C=O) groups is 1. The molecular weight excluding hydrogens is 538 g/mol. The zero-order chi connectivity index (χ0) is 43.4. The van der Waals surface area contributed by atoms with Crippen molar-refractivity contribution >= 4 is 39.7 Å². The topological polar surface area (TPSA) is 100 Å². The lowest BCUT2D eigenvalue weighted by Gasteiger charge is -2.16. The number of hydrogen-bond donors (Lipinski definition) is 1. The molecule has 0 aliphatic heterocycles. The van der Waals surface area contributed by atoms with Crippen LogP contribution in [0.5, 0.6) is 11.5 Å². The molecule has 4 aromatic rings. The van der Waals surface area contributed by atoms with E-state index in [1.165, 1.54) is 21.0 Å². The molecule has 0 fully saturated rings. The Bertz CT molecular complexity index is 2390. The van der Waals surface area contributed by atoms with Gasteiger partial charge >= 0.3 is 0 Å². The number of benzene rings is 2. The van der Waals surface area contributed by atoms with Crippen molar-refractivity contribution in [2.75, 3.05) is 32.5 Å². The SMILES string of the molecule is [2H]/C(=C\C(=O)Cc1c(OC([2H])([2H])C)c([2H])c2nc([2H])c(C#N)c(Nc3c([2H])c([2H])c(OC([2H])([2H])c4nc(C)c([2H])c([2H])c4[2H])c(Cl)c3[2H])c2c1[2H])C([2H])([2H])N(C)C. The summed E-state index contributed by atoms with van der Waals surface area (Å²) in [6.45, 7) is -5.75. The van der Waals surface area contributed by atoms with Crippen LogP contribution in [0.1, 0.15) is 51.4 Å². The number of ketones is 1. The Hall–Kier alpha value is -4.45. The molecule has 0 aliphatic rings. The Morgan fingerprint density at radius 3 is 2.83 bits per heavy atom. The third-order valence-corrected chi connectivity index (χ3v) is 5.19. The van der Waals surface area contributed by atoms with Crippen molar-refractivity contribution in [3.63, 3.8) is 0 Å². The highest BCUT2D eigenvalue weighted by Gasteiger charge is 2.16. The Morgan fingerprint density at radius 1 is 1.24 bits per heavy atom. The Kier molecular flexibility index (Phi) is 5.02. The van der Waals surface area contributed by atoms with Gasteiger partial charge in [0.25, 0.3) is 0 Å². The number of nitriles is 1. The van der Waals surface area contributed by atoms with Crippen LogP contribution in [0.25, 0.3) is 10.9 Å². The summed E-state index contributed by atoms with van der Waals surface area (Å²) in [5.41, 5.74) is -3.68. The van der Waals surface area contributed by atoms with Gasteiger partial charge in [0.05, 0.1) is 53.2 Å². The van der Waals surface area contributed by atoms with Gasteiger partial charge < -0.3 is 19.7 Å². The van der Waals surface area contributed by atoms with Gasteiger partial charge in [0.2, 0.25) is 0 Å². The van der Waals surface area contributed by atoms with Crippen LogP contribution < -0.4 is 14.8 Å². The van der Waals surface area contributed by atoms with Gasteiger partial charge in [-0.2, -0.15) is 5.26 Å². The molecule has 0 saturated carbocycles. The highest BCUT2D eigenvalue weighted by Crippen LogP contribution is 2.36. The van der Waals surface area contributed by atoms with Gasteiger partial charge in [0, 0.05) is 50.2 Å². The lowest BCUT2D eigenvalue weighted by molar-refractivity contribution is -0.114. The number of nitrogens with one attached hydrogen (secondary N) is 1. The molecule has 0 unspecified atom stereocenters. The second kappa shape index (κ2) is 13.8. The summed E-state index contributed by atoms with van der Waals surface area (Å²) in [6.07, 6.45) is -1.02. The second-order valence-electron chi connectivity index (χ2n) is 8.25. The largest absolute Gasteiger partial charge is 0.494 e. The maximum atomic E-state index is 13.3. The molecule has 210 valence electrons. The van der Waals surface area contributed by atoms with Crippen molar-refractivity contribution in [1.29, 1.82) is 5.26 Å². The molecule has 8 nitrogen and oxygen atoms in total. The monoisotopic (exact) mass is 585 g/mol. The van der Waals surface area contributed by atoms with E-state index in [-0.39, 0.29) is 5.69 Å². The van der Waals surface area contributed by atoms with Crippen molar-refractivity contribution in [3.05, 3.63) is 94.2 Å². The summed E-state index contributed by atoms with van der Waals surface area (Å²) >= 11 is 6.42. The lowest BCUT2D eigenvalue weighted by Crippen LogP contribution is -2.11. The molecule has 4 rings (SSSR count). The van der Waals surface area contributed by atoms with Gasteiger partial charge in [0.1, 0.15) is 24.1 Å². The van der Waals surface area contributed by atoms with Crippen LogP contribution in [0.4, 0.5) is 11.4 Å². The van der Waals surface area contributed by atoms with E-state index < -0.39 is 148 Å². The first-order chi connectivity index (χ1) is 26.1. The molecule has 0 radical (unpaired) electrons. The number of aryl methyl sites for hydroxylation is 1. The van der Waals surface area contributed by atoms with Crippen LogP contribution in [0.15, 0.2) is 66.6 Å². The number of nitrogens with zero attached hydrogens (tertiary/aromatic N) is 4. The number of fused-ring (bicyclic) bond motifs is 1. The Morgan fingerprint density at radius 2 is 2.07 bits per heavy atom. The number of anilines is 2. The second-order valence-corrected chi connectivity index (χ2v) is 8.63. The van der Waals surface area contributed by atoms with E-state index in [9.17, 15) is 10.1 Å². The predicted octanol–water partition coefficient (Wildman–Crippen LogP) is 6.41. The van der Waals surface area contributed by atoms with E-state index >= 15 is 0 Å². The van der Waals surface area contributed by atoms with Gasteiger partial charge in [0.15, 0.2) is 5.78 Å². The fraction of sp³-hybridized carbons (Fsp3) is 0.250. The number of halogens is 1. The molecule has 41 heavy (non-hydrogen) atoms. The van der Waals surface area contributed by atoms with Crippen molar-refractivity contribution in [3.8, 4) is 17.6 Å². The first kappa shape index (κ1) is 15.0. The van der Waals surface area contributed by atoms with Crippen molar-refractivity contribution in [2.45, 2.75) is 26.8 Å². The molecule has 0 aliphatic carbocycles. The molecule has 0 bridgehead atoms.